The lowest BCUT2D eigenvalue weighted by atomic mass is 10.1. The summed E-state index contributed by atoms with van der Waals surface area (Å²) in [4.78, 5) is 14.3. The molecule has 2 heterocycles. The van der Waals surface area contributed by atoms with Gasteiger partial charge in [0.2, 0.25) is 0 Å². The molecule has 0 aliphatic carbocycles. The Bertz CT molecular complexity index is 450. The van der Waals surface area contributed by atoms with Crippen molar-refractivity contribution in [1.82, 2.24) is 4.90 Å². The van der Waals surface area contributed by atoms with E-state index in [0.717, 1.165) is 29.8 Å². The molecule has 4 nitrogen and oxygen atoms in total. The second-order valence-corrected chi connectivity index (χ2v) is 6.65. The summed E-state index contributed by atoms with van der Waals surface area (Å²) in [6.45, 7) is 7.24. The number of halogens is 1. The highest BCUT2D eigenvalue weighted by atomic mass is 79.9. The third-order valence-corrected chi connectivity index (χ3v) is 3.46. The molecular formula is C14H20BrNO3. The Morgan fingerprint density at radius 1 is 1.53 bits per heavy atom. The number of hydrogen-bond acceptors (Lipinski definition) is 4. The highest BCUT2D eigenvalue weighted by Gasteiger charge is 2.34. The first-order valence-electron chi connectivity index (χ1n) is 6.56. The van der Waals surface area contributed by atoms with E-state index in [-0.39, 0.29) is 12.0 Å². The molecule has 0 N–H and O–H groups in total. The number of hydrogen-bond donors (Lipinski definition) is 0. The molecule has 1 atom stereocenters. The van der Waals surface area contributed by atoms with E-state index in [1.165, 1.54) is 0 Å². The number of nitrogens with zero attached hydrogens (tertiary/aromatic N) is 1. The number of likely N-dealkylation sites (tertiary alicyclic amines) is 1. The van der Waals surface area contributed by atoms with Gasteiger partial charge in [0.15, 0.2) is 4.67 Å². The normalized spacial score (nSPS) is 20.7. The van der Waals surface area contributed by atoms with Crippen molar-refractivity contribution in [2.24, 2.45) is 0 Å². The quantitative estimate of drug-likeness (QED) is 0.797. The van der Waals surface area contributed by atoms with E-state index in [9.17, 15) is 4.79 Å². The molecule has 0 radical (unpaired) electrons. The summed E-state index contributed by atoms with van der Waals surface area (Å²) in [6.07, 6.45) is 1.88. The van der Waals surface area contributed by atoms with Crippen LogP contribution in [0.4, 0.5) is 0 Å². The van der Waals surface area contributed by atoms with E-state index in [0.29, 0.717) is 6.54 Å². The van der Waals surface area contributed by atoms with E-state index < -0.39 is 5.60 Å². The van der Waals surface area contributed by atoms with Gasteiger partial charge in [-0.25, -0.2) is 0 Å². The summed E-state index contributed by atoms with van der Waals surface area (Å²) in [5, 5.41) is 0. The first-order chi connectivity index (χ1) is 8.85. The maximum absolute atomic E-state index is 12.2. The van der Waals surface area contributed by atoms with Gasteiger partial charge in [-0.15, -0.1) is 0 Å². The minimum Gasteiger partial charge on any atom is -0.459 e. The van der Waals surface area contributed by atoms with Gasteiger partial charge in [-0.3, -0.25) is 9.69 Å². The van der Waals surface area contributed by atoms with Crippen LogP contribution in [-0.2, 0) is 16.1 Å². The van der Waals surface area contributed by atoms with Crippen molar-refractivity contribution in [3.63, 3.8) is 0 Å². The Morgan fingerprint density at radius 3 is 2.84 bits per heavy atom. The summed E-state index contributed by atoms with van der Waals surface area (Å²) >= 11 is 3.29. The van der Waals surface area contributed by atoms with Crippen molar-refractivity contribution >= 4 is 21.9 Å². The van der Waals surface area contributed by atoms with Crippen LogP contribution in [-0.4, -0.2) is 29.1 Å². The van der Waals surface area contributed by atoms with Crippen molar-refractivity contribution in [3.05, 3.63) is 22.6 Å². The number of ether oxygens (including phenoxy) is 1. The van der Waals surface area contributed by atoms with Gasteiger partial charge in [0.05, 0.1) is 6.54 Å². The van der Waals surface area contributed by atoms with Crippen LogP contribution in [0.2, 0.25) is 0 Å². The van der Waals surface area contributed by atoms with Crippen LogP contribution < -0.4 is 0 Å². The minimum atomic E-state index is -0.431. The van der Waals surface area contributed by atoms with E-state index >= 15 is 0 Å². The SMILES string of the molecule is CC(C)(C)OC(=O)[C@H]1CCCN1Cc1ccc(Br)o1. The van der Waals surface area contributed by atoms with E-state index in [4.69, 9.17) is 9.15 Å². The summed E-state index contributed by atoms with van der Waals surface area (Å²) < 4.78 is 11.7. The molecule has 2 rings (SSSR count). The predicted molar refractivity (Wildman–Crippen MR) is 75.7 cm³/mol. The van der Waals surface area contributed by atoms with Gasteiger partial charge in [0.25, 0.3) is 0 Å². The molecular weight excluding hydrogens is 310 g/mol. The standard InChI is InChI=1S/C14H20BrNO3/c1-14(2,3)19-13(17)11-5-4-8-16(11)9-10-6-7-12(15)18-10/h6-7,11H,4-5,8-9H2,1-3H3/t11-/m1/s1. The predicted octanol–water partition coefficient (Wildman–Crippen LogP) is 3.35. The topological polar surface area (TPSA) is 42.7 Å². The summed E-state index contributed by atoms with van der Waals surface area (Å²) in [6, 6.07) is 3.64. The second kappa shape index (κ2) is 5.67. The maximum atomic E-state index is 12.2. The molecule has 0 saturated carbocycles. The molecule has 5 heteroatoms. The first-order valence-corrected chi connectivity index (χ1v) is 7.35. The van der Waals surface area contributed by atoms with Crippen LogP contribution in [0.5, 0.6) is 0 Å². The Labute approximate surface area is 122 Å². The molecule has 1 aliphatic rings. The lowest BCUT2D eigenvalue weighted by Gasteiger charge is -2.26. The van der Waals surface area contributed by atoms with Gasteiger partial charge in [-0.2, -0.15) is 0 Å². The van der Waals surface area contributed by atoms with Crippen molar-refractivity contribution < 1.29 is 13.9 Å². The zero-order valence-corrected chi connectivity index (χ0v) is 13.2. The lowest BCUT2D eigenvalue weighted by Crippen LogP contribution is -2.40. The lowest BCUT2D eigenvalue weighted by molar-refractivity contribution is -0.160. The first kappa shape index (κ1) is 14.6. The van der Waals surface area contributed by atoms with Gasteiger partial charge in [0.1, 0.15) is 17.4 Å². The van der Waals surface area contributed by atoms with Crippen LogP contribution in [0.15, 0.2) is 21.2 Å². The third kappa shape index (κ3) is 4.08. The molecule has 1 saturated heterocycles. The van der Waals surface area contributed by atoms with Crippen LogP contribution >= 0.6 is 15.9 Å². The Hall–Kier alpha value is -0.810. The monoisotopic (exact) mass is 329 g/mol. The van der Waals surface area contributed by atoms with Crippen molar-refractivity contribution in [3.8, 4) is 0 Å². The molecule has 1 aromatic heterocycles. The average Bonchev–Trinajstić information content (AvgIpc) is 2.86. The molecule has 106 valence electrons. The number of carbonyl (C=O) groups is 1. The minimum absolute atomic E-state index is 0.129. The maximum Gasteiger partial charge on any atom is 0.323 e. The van der Waals surface area contributed by atoms with Gasteiger partial charge >= 0.3 is 5.97 Å². The Balaban J connectivity index is 1.98. The zero-order chi connectivity index (χ0) is 14.0. The zero-order valence-electron chi connectivity index (χ0n) is 11.6. The fourth-order valence-corrected chi connectivity index (χ4v) is 2.63. The van der Waals surface area contributed by atoms with Crippen LogP contribution in [0, 0.1) is 0 Å². The van der Waals surface area contributed by atoms with Crippen molar-refractivity contribution in [1.29, 1.82) is 0 Å². The molecule has 1 fully saturated rings. The van der Waals surface area contributed by atoms with Gasteiger partial charge in [-0.05, 0) is 68.2 Å². The molecule has 0 amide bonds. The van der Waals surface area contributed by atoms with E-state index in [1.807, 2.05) is 32.9 Å². The Morgan fingerprint density at radius 2 is 2.26 bits per heavy atom. The van der Waals surface area contributed by atoms with Gasteiger partial charge < -0.3 is 9.15 Å². The Kier molecular flexibility index (Phi) is 4.36. The van der Waals surface area contributed by atoms with Crippen molar-refractivity contribution in [2.75, 3.05) is 6.54 Å². The molecule has 0 aromatic carbocycles. The van der Waals surface area contributed by atoms with Gasteiger partial charge in [-0.1, -0.05) is 0 Å². The van der Waals surface area contributed by atoms with Crippen molar-refractivity contribution in [2.45, 2.75) is 51.8 Å². The number of esters is 1. The summed E-state index contributed by atoms with van der Waals surface area (Å²) in [5.74, 6) is 0.734. The highest BCUT2D eigenvalue weighted by molar-refractivity contribution is 9.10. The molecule has 0 spiro atoms. The molecule has 1 aromatic rings. The smallest absolute Gasteiger partial charge is 0.323 e. The summed E-state index contributed by atoms with van der Waals surface area (Å²) in [7, 11) is 0. The third-order valence-electron chi connectivity index (χ3n) is 3.03. The molecule has 0 unspecified atom stereocenters. The largest absolute Gasteiger partial charge is 0.459 e. The van der Waals surface area contributed by atoms with E-state index in [1.54, 1.807) is 0 Å². The average molecular weight is 330 g/mol. The molecule has 0 bridgehead atoms. The summed E-state index contributed by atoms with van der Waals surface area (Å²) in [5.41, 5.74) is -0.431. The number of carbonyl (C=O) groups excluding carboxylic acids is 1. The van der Waals surface area contributed by atoms with Crippen LogP contribution in [0.25, 0.3) is 0 Å². The van der Waals surface area contributed by atoms with Crippen LogP contribution in [0.3, 0.4) is 0 Å². The fraction of sp³-hybridized carbons (Fsp3) is 0.643. The van der Waals surface area contributed by atoms with Crippen LogP contribution in [0.1, 0.15) is 39.4 Å². The van der Waals surface area contributed by atoms with Gasteiger partial charge in [0, 0.05) is 0 Å². The molecule has 19 heavy (non-hydrogen) atoms. The number of furan rings is 1. The fourth-order valence-electron chi connectivity index (χ4n) is 2.29. The van der Waals surface area contributed by atoms with E-state index in [2.05, 4.69) is 20.8 Å². The second-order valence-electron chi connectivity index (χ2n) is 5.87. The number of rotatable bonds is 3. The highest BCUT2D eigenvalue weighted by Crippen LogP contribution is 2.24. The molecule has 1 aliphatic heterocycles.